The smallest absolute Gasteiger partial charge is 0.244 e. The highest BCUT2D eigenvalue weighted by Crippen LogP contribution is 2.20. The molecule has 100 valence electrons. The van der Waals surface area contributed by atoms with Gasteiger partial charge < -0.3 is 9.71 Å². The van der Waals surface area contributed by atoms with E-state index in [9.17, 15) is 4.79 Å². The number of carbonyl (C=O) groups excluding carboxylic acids is 1. The van der Waals surface area contributed by atoms with Crippen LogP contribution in [0.2, 0.25) is 0 Å². The van der Waals surface area contributed by atoms with E-state index in [1.54, 1.807) is 0 Å². The zero-order valence-corrected chi connectivity index (χ0v) is 12.3. The Morgan fingerprint density at radius 2 is 2.05 bits per heavy atom. The van der Waals surface area contributed by atoms with E-state index in [0.717, 1.165) is 49.2 Å². The molecule has 0 atom stereocenters. The first-order valence-electron chi connectivity index (χ1n) is 6.65. The molecule has 0 unspecified atom stereocenters. The van der Waals surface area contributed by atoms with Crippen molar-refractivity contribution in [2.45, 2.75) is 31.8 Å². The lowest BCUT2D eigenvalue weighted by molar-refractivity contribution is -0.134. The zero-order chi connectivity index (χ0) is 13.4. The van der Waals surface area contributed by atoms with Crippen molar-refractivity contribution in [2.24, 2.45) is 0 Å². The first kappa shape index (κ1) is 13.2. The fraction of sp³-hybridized carbons (Fsp3) is 0.667. The molecular formula is C12H16BBrN4O. The third-order valence-corrected chi connectivity index (χ3v) is 4.38. The quantitative estimate of drug-likeness (QED) is 0.710. The molecule has 2 radical (unpaired) electrons. The van der Waals surface area contributed by atoms with E-state index in [0.29, 0.717) is 12.6 Å². The second-order valence-electron chi connectivity index (χ2n) is 5.22. The highest BCUT2D eigenvalue weighted by atomic mass is 79.9. The van der Waals surface area contributed by atoms with Gasteiger partial charge in [0.1, 0.15) is 11.1 Å². The molecule has 0 bridgehead atoms. The Kier molecular flexibility index (Phi) is 3.67. The third-order valence-electron chi connectivity index (χ3n) is 3.99. The maximum atomic E-state index is 12.4. The van der Waals surface area contributed by atoms with Gasteiger partial charge in [0, 0.05) is 24.7 Å². The van der Waals surface area contributed by atoms with Gasteiger partial charge in [0.25, 0.3) is 0 Å². The Bertz CT molecular complexity index is 484. The van der Waals surface area contributed by atoms with Gasteiger partial charge in [0.15, 0.2) is 7.98 Å². The summed E-state index contributed by atoms with van der Waals surface area (Å²) in [5.41, 5.74) is 1.12. The molecule has 0 saturated carbocycles. The number of halogens is 1. The van der Waals surface area contributed by atoms with E-state index < -0.39 is 0 Å². The van der Waals surface area contributed by atoms with Crippen LogP contribution in [0.5, 0.6) is 0 Å². The van der Waals surface area contributed by atoms with Gasteiger partial charge in [-0.2, -0.15) is 5.10 Å². The van der Waals surface area contributed by atoms with Crippen molar-refractivity contribution >= 4 is 29.8 Å². The fourth-order valence-corrected chi connectivity index (χ4v) is 3.38. The Hall–Kier alpha value is -0.815. The van der Waals surface area contributed by atoms with E-state index in [1.165, 1.54) is 0 Å². The van der Waals surface area contributed by atoms with Crippen LogP contribution in [-0.2, 0) is 17.8 Å². The molecule has 5 nitrogen and oxygen atoms in total. The Balaban J connectivity index is 1.72. The lowest BCUT2D eigenvalue weighted by Crippen LogP contribution is -2.47. The molecule has 1 aromatic heterocycles. The highest BCUT2D eigenvalue weighted by molar-refractivity contribution is 9.10. The van der Waals surface area contributed by atoms with Gasteiger partial charge in [-0.05, 0) is 47.9 Å². The summed E-state index contributed by atoms with van der Waals surface area (Å²) in [6.07, 6.45) is 2.80. The van der Waals surface area contributed by atoms with Crippen LogP contribution in [-0.4, -0.2) is 59.1 Å². The number of piperidine rings is 1. The summed E-state index contributed by atoms with van der Waals surface area (Å²) in [7, 11) is 5.77. The van der Waals surface area contributed by atoms with Crippen LogP contribution < -0.4 is 0 Å². The third kappa shape index (κ3) is 2.72. The SMILES string of the molecule is [B]N1CCC(N2CCc3cc(Br)nn3CC2=O)CC1. The summed E-state index contributed by atoms with van der Waals surface area (Å²) in [5, 5.41) is 4.31. The molecule has 0 aliphatic carbocycles. The van der Waals surface area contributed by atoms with Gasteiger partial charge in [-0.25, -0.2) is 0 Å². The predicted molar refractivity (Wildman–Crippen MR) is 75.7 cm³/mol. The maximum absolute atomic E-state index is 12.4. The molecule has 1 amide bonds. The van der Waals surface area contributed by atoms with Gasteiger partial charge in [0.05, 0.1) is 0 Å². The van der Waals surface area contributed by atoms with Gasteiger partial charge in [-0.1, -0.05) is 0 Å². The van der Waals surface area contributed by atoms with E-state index in [2.05, 4.69) is 21.0 Å². The summed E-state index contributed by atoms with van der Waals surface area (Å²) < 4.78 is 2.62. The molecule has 3 rings (SSSR count). The van der Waals surface area contributed by atoms with E-state index in [4.69, 9.17) is 7.98 Å². The van der Waals surface area contributed by atoms with Crippen LogP contribution in [0.15, 0.2) is 10.7 Å². The van der Waals surface area contributed by atoms with Crippen molar-refractivity contribution in [3.8, 4) is 0 Å². The summed E-state index contributed by atoms with van der Waals surface area (Å²) >= 11 is 3.36. The first-order valence-corrected chi connectivity index (χ1v) is 7.44. The molecule has 2 aliphatic heterocycles. The number of nitrogens with zero attached hydrogens (tertiary/aromatic N) is 4. The molecule has 0 aromatic carbocycles. The van der Waals surface area contributed by atoms with Gasteiger partial charge in [0.2, 0.25) is 5.91 Å². The zero-order valence-electron chi connectivity index (χ0n) is 10.8. The van der Waals surface area contributed by atoms with Crippen LogP contribution in [0, 0.1) is 0 Å². The van der Waals surface area contributed by atoms with Crippen molar-refractivity contribution in [3.63, 3.8) is 0 Å². The summed E-state index contributed by atoms with van der Waals surface area (Å²) in [4.78, 5) is 16.2. The average molecular weight is 323 g/mol. The molecule has 1 fully saturated rings. The number of aromatic nitrogens is 2. The number of hydrogen-bond acceptors (Lipinski definition) is 3. The van der Waals surface area contributed by atoms with Crippen LogP contribution in [0.4, 0.5) is 0 Å². The van der Waals surface area contributed by atoms with Crippen LogP contribution >= 0.6 is 15.9 Å². The summed E-state index contributed by atoms with van der Waals surface area (Å²) in [6, 6.07) is 2.33. The minimum absolute atomic E-state index is 0.171. The largest absolute Gasteiger partial charge is 0.353 e. The minimum atomic E-state index is 0.171. The molecule has 2 aliphatic rings. The second-order valence-corrected chi connectivity index (χ2v) is 6.03. The molecule has 7 heteroatoms. The van der Waals surface area contributed by atoms with Crippen molar-refractivity contribution in [1.29, 1.82) is 0 Å². The van der Waals surface area contributed by atoms with Crippen LogP contribution in [0.25, 0.3) is 0 Å². The van der Waals surface area contributed by atoms with Crippen molar-refractivity contribution in [3.05, 3.63) is 16.4 Å². The van der Waals surface area contributed by atoms with Crippen molar-refractivity contribution < 1.29 is 4.79 Å². The molecule has 3 heterocycles. The van der Waals surface area contributed by atoms with E-state index in [1.807, 2.05) is 20.5 Å². The fourth-order valence-electron chi connectivity index (χ4n) is 2.92. The molecule has 1 saturated heterocycles. The Labute approximate surface area is 122 Å². The Morgan fingerprint density at radius 1 is 1.32 bits per heavy atom. The van der Waals surface area contributed by atoms with E-state index in [-0.39, 0.29) is 5.91 Å². The molecule has 19 heavy (non-hydrogen) atoms. The lowest BCUT2D eigenvalue weighted by Gasteiger charge is -2.37. The topological polar surface area (TPSA) is 41.4 Å². The first-order chi connectivity index (χ1) is 9.13. The highest BCUT2D eigenvalue weighted by Gasteiger charge is 2.29. The second kappa shape index (κ2) is 5.29. The normalized spacial score (nSPS) is 22.4. The number of hydrogen-bond donors (Lipinski definition) is 0. The standard InChI is InChI=1S/C12H16BBrN4O/c13-16-4-1-9(2-5-16)17-6-3-10-7-11(14)15-18(10)8-12(17)19/h7,9H,1-6,8H2. The molecule has 0 spiro atoms. The maximum Gasteiger partial charge on any atom is 0.244 e. The van der Waals surface area contributed by atoms with Crippen LogP contribution in [0.3, 0.4) is 0 Å². The molecule has 0 N–H and O–H groups in total. The average Bonchev–Trinajstić information content (AvgIpc) is 2.64. The number of carbonyl (C=O) groups is 1. The van der Waals surface area contributed by atoms with Crippen molar-refractivity contribution in [2.75, 3.05) is 19.6 Å². The number of rotatable bonds is 1. The Morgan fingerprint density at radius 3 is 2.79 bits per heavy atom. The summed E-state index contributed by atoms with van der Waals surface area (Å²) in [6.45, 7) is 2.87. The number of fused-ring (bicyclic) bond motifs is 1. The predicted octanol–water partition coefficient (Wildman–Crippen LogP) is 0.578. The van der Waals surface area contributed by atoms with Gasteiger partial charge >= 0.3 is 0 Å². The van der Waals surface area contributed by atoms with E-state index >= 15 is 0 Å². The molecule has 1 aromatic rings. The molecular weight excluding hydrogens is 307 g/mol. The van der Waals surface area contributed by atoms with Crippen molar-refractivity contribution in [1.82, 2.24) is 19.5 Å². The lowest BCUT2D eigenvalue weighted by atomic mass is 10.0. The summed E-state index contributed by atoms with van der Waals surface area (Å²) in [5.74, 6) is 0.171. The number of amides is 1. The van der Waals surface area contributed by atoms with Gasteiger partial charge in [-0.3, -0.25) is 9.48 Å². The van der Waals surface area contributed by atoms with Crippen LogP contribution in [0.1, 0.15) is 18.5 Å². The monoisotopic (exact) mass is 322 g/mol. The van der Waals surface area contributed by atoms with Gasteiger partial charge in [-0.15, -0.1) is 0 Å². The minimum Gasteiger partial charge on any atom is -0.353 e.